The third kappa shape index (κ3) is 4.90. The van der Waals surface area contributed by atoms with E-state index in [1.54, 1.807) is 28.8 Å². The number of H-pyrrole nitrogens is 1. The third-order valence-electron chi connectivity index (χ3n) is 5.29. The molecular weight excluding hydrogens is 422 g/mol. The van der Waals surface area contributed by atoms with Crippen molar-refractivity contribution in [2.45, 2.75) is 6.04 Å². The molecule has 0 spiro atoms. The van der Waals surface area contributed by atoms with Gasteiger partial charge in [-0.1, -0.05) is 12.1 Å². The number of benzene rings is 2. The largest absolute Gasteiger partial charge is 0.379 e. The fourth-order valence-electron chi connectivity index (χ4n) is 3.69. The predicted octanol–water partition coefficient (Wildman–Crippen LogP) is 3.62. The van der Waals surface area contributed by atoms with E-state index in [1.807, 2.05) is 0 Å². The van der Waals surface area contributed by atoms with Gasteiger partial charge >= 0.3 is 0 Å². The number of amides is 1. The van der Waals surface area contributed by atoms with Gasteiger partial charge in [-0.25, -0.2) is 8.78 Å². The minimum atomic E-state index is -0.371. The molecule has 1 saturated heterocycles. The van der Waals surface area contributed by atoms with Gasteiger partial charge in [0.15, 0.2) is 4.77 Å². The monoisotopic (exact) mass is 444 g/mol. The number of nitrogens with one attached hydrogen (secondary N) is 2. The van der Waals surface area contributed by atoms with Gasteiger partial charge in [-0.3, -0.25) is 14.3 Å². The summed E-state index contributed by atoms with van der Waals surface area (Å²) in [6, 6.07) is 11.9. The molecule has 0 bridgehead atoms. The van der Waals surface area contributed by atoms with Crippen LogP contribution in [0.5, 0.6) is 0 Å². The van der Waals surface area contributed by atoms with Crippen LogP contribution in [-0.4, -0.2) is 53.2 Å². The van der Waals surface area contributed by atoms with Crippen LogP contribution in [0.1, 0.15) is 22.1 Å². The molecule has 1 aromatic heterocycles. The number of rotatable bonds is 6. The summed E-state index contributed by atoms with van der Waals surface area (Å²) in [5.41, 5.74) is 1.81. The molecular formula is C22H22F2N4O2S. The first-order chi connectivity index (χ1) is 15.0. The van der Waals surface area contributed by atoms with Crippen molar-refractivity contribution in [1.82, 2.24) is 19.8 Å². The molecule has 1 atom stereocenters. The standard InChI is InChI=1S/C22H22F2N4O2S/c23-16-3-1-15(2-4-16)19(27-9-11-30-12-10-27)13-25-21(29)20-14-26-22(31)28(20)18-7-5-17(24)6-8-18/h1-8,14,19H,9-13H2,(H,25,29)(H,26,31). The Labute approximate surface area is 183 Å². The highest BCUT2D eigenvalue weighted by Gasteiger charge is 2.24. The van der Waals surface area contributed by atoms with Crippen molar-refractivity contribution in [2.24, 2.45) is 0 Å². The highest BCUT2D eigenvalue weighted by atomic mass is 32.1. The van der Waals surface area contributed by atoms with Crippen molar-refractivity contribution in [3.8, 4) is 5.69 Å². The molecule has 1 unspecified atom stereocenters. The van der Waals surface area contributed by atoms with E-state index in [-0.39, 0.29) is 23.6 Å². The van der Waals surface area contributed by atoms with Gasteiger partial charge in [-0.15, -0.1) is 0 Å². The molecule has 2 heterocycles. The van der Waals surface area contributed by atoms with Gasteiger partial charge in [0.1, 0.15) is 17.3 Å². The van der Waals surface area contributed by atoms with E-state index in [9.17, 15) is 13.6 Å². The minimum absolute atomic E-state index is 0.130. The molecule has 1 aliphatic rings. The van der Waals surface area contributed by atoms with E-state index in [0.29, 0.717) is 49.0 Å². The quantitative estimate of drug-likeness (QED) is 0.570. The molecule has 9 heteroatoms. The van der Waals surface area contributed by atoms with Gasteiger partial charge in [-0.05, 0) is 54.2 Å². The van der Waals surface area contributed by atoms with Gasteiger partial charge in [0.2, 0.25) is 0 Å². The third-order valence-corrected chi connectivity index (χ3v) is 5.59. The summed E-state index contributed by atoms with van der Waals surface area (Å²) in [5, 5.41) is 2.97. The molecule has 0 radical (unpaired) electrons. The summed E-state index contributed by atoms with van der Waals surface area (Å²) in [6.07, 6.45) is 1.53. The maximum atomic E-state index is 13.4. The molecule has 1 fully saturated rings. The minimum Gasteiger partial charge on any atom is -0.379 e. The lowest BCUT2D eigenvalue weighted by Gasteiger charge is -2.35. The average Bonchev–Trinajstić information content (AvgIpc) is 3.18. The Morgan fingerprint density at radius 1 is 1.06 bits per heavy atom. The lowest BCUT2D eigenvalue weighted by Crippen LogP contribution is -2.44. The number of morpholine rings is 1. The molecule has 0 saturated carbocycles. The van der Waals surface area contributed by atoms with E-state index in [2.05, 4.69) is 15.2 Å². The zero-order valence-corrected chi connectivity index (χ0v) is 17.5. The van der Waals surface area contributed by atoms with Crippen LogP contribution in [0.4, 0.5) is 8.78 Å². The first-order valence-corrected chi connectivity index (χ1v) is 10.4. The predicted molar refractivity (Wildman–Crippen MR) is 115 cm³/mol. The molecule has 1 aliphatic heterocycles. The van der Waals surface area contributed by atoms with Crippen LogP contribution >= 0.6 is 12.2 Å². The molecule has 3 aromatic rings. The number of imidazole rings is 1. The summed E-state index contributed by atoms with van der Waals surface area (Å²) in [5.74, 6) is -0.999. The molecule has 31 heavy (non-hydrogen) atoms. The number of nitrogens with zero attached hydrogens (tertiary/aromatic N) is 2. The van der Waals surface area contributed by atoms with E-state index < -0.39 is 0 Å². The molecule has 0 aliphatic carbocycles. The van der Waals surface area contributed by atoms with E-state index >= 15 is 0 Å². The summed E-state index contributed by atoms with van der Waals surface area (Å²) >= 11 is 5.31. The fraction of sp³-hybridized carbons (Fsp3) is 0.273. The Bertz CT molecular complexity index is 1090. The van der Waals surface area contributed by atoms with Crippen LogP contribution in [0.2, 0.25) is 0 Å². The number of ether oxygens (including phenoxy) is 1. The van der Waals surface area contributed by atoms with E-state index in [1.165, 1.54) is 30.5 Å². The van der Waals surface area contributed by atoms with E-state index in [0.717, 1.165) is 5.56 Å². The number of aromatic amines is 1. The molecule has 162 valence electrons. The SMILES string of the molecule is O=C(NCC(c1ccc(F)cc1)N1CCOCC1)c1c[nH]c(=S)n1-c1ccc(F)cc1. The Morgan fingerprint density at radius 2 is 1.68 bits per heavy atom. The topological polar surface area (TPSA) is 62.3 Å². The van der Waals surface area contributed by atoms with Crippen LogP contribution in [0, 0.1) is 16.4 Å². The van der Waals surface area contributed by atoms with Crippen molar-refractivity contribution in [2.75, 3.05) is 32.8 Å². The van der Waals surface area contributed by atoms with Gasteiger partial charge in [0, 0.05) is 31.5 Å². The Kier molecular flexibility index (Phi) is 6.55. The lowest BCUT2D eigenvalue weighted by atomic mass is 10.0. The van der Waals surface area contributed by atoms with E-state index in [4.69, 9.17) is 17.0 Å². The lowest BCUT2D eigenvalue weighted by molar-refractivity contribution is 0.0162. The maximum Gasteiger partial charge on any atom is 0.269 e. The summed E-state index contributed by atoms with van der Waals surface area (Å²) < 4.78 is 34.1. The number of hydrogen-bond donors (Lipinski definition) is 2. The Hall–Kier alpha value is -2.88. The first kappa shape index (κ1) is 21.4. The van der Waals surface area contributed by atoms with Gasteiger partial charge < -0.3 is 15.0 Å². The smallest absolute Gasteiger partial charge is 0.269 e. The molecule has 1 amide bonds. The van der Waals surface area contributed by atoms with Gasteiger partial charge in [0.05, 0.1) is 19.3 Å². The molecule has 4 rings (SSSR count). The highest BCUT2D eigenvalue weighted by Crippen LogP contribution is 2.22. The van der Waals surface area contributed by atoms with Crippen LogP contribution in [0.3, 0.4) is 0 Å². The Balaban J connectivity index is 1.55. The summed E-state index contributed by atoms with van der Waals surface area (Å²) in [4.78, 5) is 18.1. The fourth-order valence-corrected chi connectivity index (χ4v) is 3.96. The normalized spacial score (nSPS) is 15.5. The zero-order chi connectivity index (χ0) is 21.8. The van der Waals surface area contributed by atoms with Crippen LogP contribution in [0.25, 0.3) is 5.69 Å². The van der Waals surface area contributed by atoms with Gasteiger partial charge in [0.25, 0.3) is 5.91 Å². The second-order valence-corrected chi connectivity index (χ2v) is 7.60. The second-order valence-electron chi connectivity index (χ2n) is 7.22. The van der Waals surface area contributed by atoms with Crippen molar-refractivity contribution in [1.29, 1.82) is 0 Å². The highest BCUT2D eigenvalue weighted by molar-refractivity contribution is 7.71. The average molecular weight is 445 g/mol. The van der Waals surface area contributed by atoms with Crippen molar-refractivity contribution in [3.05, 3.63) is 82.4 Å². The number of carbonyl (C=O) groups is 1. The van der Waals surface area contributed by atoms with Crippen LogP contribution in [-0.2, 0) is 4.74 Å². The number of hydrogen-bond acceptors (Lipinski definition) is 4. The maximum absolute atomic E-state index is 13.4. The molecule has 6 nitrogen and oxygen atoms in total. The molecule has 2 N–H and O–H groups in total. The summed E-state index contributed by atoms with van der Waals surface area (Å²) in [7, 11) is 0. The Morgan fingerprint density at radius 3 is 2.32 bits per heavy atom. The summed E-state index contributed by atoms with van der Waals surface area (Å²) in [6.45, 7) is 2.97. The van der Waals surface area contributed by atoms with Crippen LogP contribution in [0.15, 0.2) is 54.7 Å². The van der Waals surface area contributed by atoms with Crippen molar-refractivity contribution < 1.29 is 18.3 Å². The van der Waals surface area contributed by atoms with Crippen molar-refractivity contribution >= 4 is 18.1 Å². The number of aromatic nitrogens is 2. The molecule has 2 aromatic carbocycles. The first-order valence-electron chi connectivity index (χ1n) is 9.95. The number of halogens is 2. The van der Waals surface area contributed by atoms with Crippen molar-refractivity contribution in [3.63, 3.8) is 0 Å². The second kappa shape index (κ2) is 9.51. The zero-order valence-electron chi connectivity index (χ0n) is 16.7. The number of carbonyl (C=O) groups excluding carboxylic acids is 1. The van der Waals surface area contributed by atoms with Gasteiger partial charge in [-0.2, -0.15) is 0 Å². The van der Waals surface area contributed by atoms with Crippen LogP contribution < -0.4 is 5.32 Å².